The van der Waals surface area contributed by atoms with E-state index < -0.39 is 0 Å². The quantitative estimate of drug-likeness (QED) is 0.536. The summed E-state index contributed by atoms with van der Waals surface area (Å²) in [7, 11) is 0. The van der Waals surface area contributed by atoms with Crippen molar-refractivity contribution in [3.8, 4) is 0 Å². The van der Waals surface area contributed by atoms with E-state index in [1.54, 1.807) is 0 Å². The van der Waals surface area contributed by atoms with Gasteiger partial charge in [0.2, 0.25) is 0 Å². The highest BCUT2D eigenvalue weighted by Gasteiger charge is 2.44. The molecule has 0 bridgehead atoms. The first-order valence-electron chi connectivity index (χ1n) is 5.36. The molecule has 1 aliphatic carbocycles. The molecule has 0 aromatic heterocycles. The third-order valence-corrected chi connectivity index (χ3v) is 3.56. The van der Waals surface area contributed by atoms with Crippen molar-refractivity contribution in [3.05, 3.63) is 0 Å². The zero-order valence-corrected chi connectivity index (χ0v) is 8.64. The number of fused-ring (bicyclic) bond motifs is 1. The molecular formula is C11H21N. The molecule has 12 heavy (non-hydrogen) atoms. The summed E-state index contributed by atoms with van der Waals surface area (Å²) in [6.07, 6.45) is 5.91. The Hall–Kier alpha value is -0.0400. The fourth-order valence-electron chi connectivity index (χ4n) is 2.83. The molecule has 1 saturated carbocycles. The van der Waals surface area contributed by atoms with E-state index in [4.69, 9.17) is 0 Å². The summed E-state index contributed by atoms with van der Waals surface area (Å²) >= 11 is 0. The van der Waals surface area contributed by atoms with E-state index >= 15 is 0 Å². The lowest BCUT2D eigenvalue weighted by Crippen LogP contribution is -2.63. The second kappa shape index (κ2) is 2.73. The molecule has 0 amide bonds. The lowest BCUT2D eigenvalue weighted by molar-refractivity contribution is -0.0745. The second-order valence-electron chi connectivity index (χ2n) is 5.44. The van der Waals surface area contributed by atoms with Crippen LogP contribution in [0.15, 0.2) is 0 Å². The van der Waals surface area contributed by atoms with Gasteiger partial charge in [0.25, 0.3) is 0 Å². The minimum absolute atomic E-state index is 0.415. The Kier molecular flexibility index (Phi) is 1.95. The molecule has 70 valence electrons. The number of likely N-dealkylation sites (tertiary alicyclic amines) is 1. The SMILES string of the molecule is CC(C)(C)N1C[C@@H]2CCCC[C@H]21. The maximum Gasteiger partial charge on any atom is 0.0141 e. The fourth-order valence-corrected chi connectivity index (χ4v) is 2.83. The monoisotopic (exact) mass is 167 g/mol. The van der Waals surface area contributed by atoms with Crippen LogP contribution >= 0.6 is 0 Å². The van der Waals surface area contributed by atoms with Gasteiger partial charge in [-0.1, -0.05) is 12.8 Å². The minimum Gasteiger partial charge on any atom is -0.295 e. The summed E-state index contributed by atoms with van der Waals surface area (Å²) in [6, 6.07) is 0.943. The summed E-state index contributed by atoms with van der Waals surface area (Å²) in [5.74, 6) is 1.05. The first-order chi connectivity index (χ1) is 5.59. The van der Waals surface area contributed by atoms with Gasteiger partial charge in [-0.2, -0.15) is 0 Å². The molecule has 1 nitrogen and oxygen atoms in total. The van der Waals surface area contributed by atoms with Gasteiger partial charge in [0.1, 0.15) is 0 Å². The van der Waals surface area contributed by atoms with Gasteiger partial charge in [-0.15, -0.1) is 0 Å². The van der Waals surface area contributed by atoms with Gasteiger partial charge < -0.3 is 0 Å². The highest BCUT2D eigenvalue weighted by molar-refractivity contribution is 4.99. The maximum atomic E-state index is 2.69. The van der Waals surface area contributed by atoms with Gasteiger partial charge in [-0.25, -0.2) is 0 Å². The Bertz CT molecular complexity index is 168. The molecule has 0 aromatic rings. The van der Waals surface area contributed by atoms with Crippen LogP contribution in [0.2, 0.25) is 0 Å². The molecule has 1 saturated heterocycles. The first-order valence-corrected chi connectivity index (χ1v) is 5.36. The van der Waals surface area contributed by atoms with Crippen LogP contribution in [0.5, 0.6) is 0 Å². The average Bonchev–Trinajstić information content (AvgIpc) is 1.88. The van der Waals surface area contributed by atoms with Gasteiger partial charge in [0, 0.05) is 18.1 Å². The van der Waals surface area contributed by atoms with Crippen LogP contribution < -0.4 is 0 Å². The van der Waals surface area contributed by atoms with Crippen LogP contribution in [-0.2, 0) is 0 Å². The Morgan fingerprint density at radius 2 is 1.75 bits per heavy atom. The zero-order chi connectivity index (χ0) is 8.77. The van der Waals surface area contributed by atoms with E-state index in [2.05, 4.69) is 25.7 Å². The summed E-state index contributed by atoms with van der Waals surface area (Å²) in [5, 5.41) is 0. The van der Waals surface area contributed by atoms with Crippen LogP contribution in [0, 0.1) is 5.92 Å². The second-order valence-corrected chi connectivity index (χ2v) is 5.44. The van der Waals surface area contributed by atoms with Crippen LogP contribution in [0.1, 0.15) is 46.5 Å². The van der Waals surface area contributed by atoms with Gasteiger partial charge in [0.15, 0.2) is 0 Å². The highest BCUT2D eigenvalue weighted by Crippen LogP contribution is 2.40. The largest absolute Gasteiger partial charge is 0.295 e. The topological polar surface area (TPSA) is 3.24 Å². The third-order valence-electron chi connectivity index (χ3n) is 3.56. The molecule has 0 radical (unpaired) electrons. The normalized spacial score (nSPS) is 37.2. The Labute approximate surface area is 76.1 Å². The van der Waals surface area contributed by atoms with Crippen LogP contribution in [0.25, 0.3) is 0 Å². The molecule has 2 rings (SSSR count). The molecule has 0 unspecified atom stereocenters. The average molecular weight is 167 g/mol. The van der Waals surface area contributed by atoms with Gasteiger partial charge in [0.05, 0.1) is 0 Å². The van der Waals surface area contributed by atoms with E-state index in [1.807, 2.05) is 0 Å². The summed E-state index contributed by atoms with van der Waals surface area (Å²) in [5.41, 5.74) is 0.415. The van der Waals surface area contributed by atoms with Crippen molar-refractivity contribution < 1.29 is 0 Å². The standard InChI is InChI=1S/C11H21N/c1-11(2,3)12-8-9-6-4-5-7-10(9)12/h9-10H,4-8H2,1-3H3/t9-,10+/m0/s1. The lowest BCUT2D eigenvalue weighted by Gasteiger charge is -2.57. The number of hydrogen-bond acceptors (Lipinski definition) is 1. The highest BCUT2D eigenvalue weighted by atomic mass is 15.3. The molecule has 0 spiro atoms. The third kappa shape index (κ3) is 1.28. The molecule has 1 heteroatoms. The van der Waals surface area contributed by atoms with Crippen LogP contribution in [0.4, 0.5) is 0 Å². The van der Waals surface area contributed by atoms with Crippen molar-refractivity contribution in [3.63, 3.8) is 0 Å². The Balaban J connectivity index is 1.97. The summed E-state index contributed by atoms with van der Waals surface area (Å²) in [6.45, 7) is 8.40. The molecule has 2 aliphatic rings. The molecule has 1 heterocycles. The van der Waals surface area contributed by atoms with Gasteiger partial charge >= 0.3 is 0 Å². The van der Waals surface area contributed by atoms with E-state index in [0.29, 0.717) is 5.54 Å². The van der Waals surface area contributed by atoms with Crippen molar-refractivity contribution in [2.24, 2.45) is 5.92 Å². The van der Waals surface area contributed by atoms with Crippen LogP contribution in [0.3, 0.4) is 0 Å². The van der Waals surface area contributed by atoms with Gasteiger partial charge in [-0.05, 0) is 39.5 Å². The molecular weight excluding hydrogens is 146 g/mol. The van der Waals surface area contributed by atoms with Crippen molar-refractivity contribution in [1.82, 2.24) is 4.90 Å². The van der Waals surface area contributed by atoms with E-state index in [1.165, 1.54) is 32.2 Å². The summed E-state index contributed by atoms with van der Waals surface area (Å²) in [4.78, 5) is 2.69. The predicted octanol–water partition coefficient (Wildman–Crippen LogP) is 2.66. The molecule has 2 fully saturated rings. The van der Waals surface area contributed by atoms with E-state index in [-0.39, 0.29) is 0 Å². The first kappa shape index (κ1) is 8.55. The van der Waals surface area contributed by atoms with Crippen LogP contribution in [-0.4, -0.2) is 23.0 Å². The fraction of sp³-hybridized carbons (Fsp3) is 1.00. The van der Waals surface area contributed by atoms with Crippen molar-refractivity contribution in [2.75, 3.05) is 6.54 Å². The predicted molar refractivity (Wildman–Crippen MR) is 52.2 cm³/mol. The number of rotatable bonds is 0. The molecule has 0 aromatic carbocycles. The van der Waals surface area contributed by atoms with E-state index in [9.17, 15) is 0 Å². The lowest BCUT2D eigenvalue weighted by atomic mass is 9.74. The van der Waals surface area contributed by atoms with Crippen molar-refractivity contribution in [1.29, 1.82) is 0 Å². The minimum atomic E-state index is 0.415. The number of nitrogens with zero attached hydrogens (tertiary/aromatic N) is 1. The van der Waals surface area contributed by atoms with Crippen molar-refractivity contribution >= 4 is 0 Å². The summed E-state index contributed by atoms with van der Waals surface area (Å²) < 4.78 is 0. The molecule has 0 N–H and O–H groups in total. The Morgan fingerprint density at radius 3 is 2.33 bits per heavy atom. The van der Waals surface area contributed by atoms with Crippen molar-refractivity contribution in [2.45, 2.75) is 58.0 Å². The molecule has 2 atom stereocenters. The number of hydrogen-bond donors (Lipinski definition) is 0. The smallest absolute Gasteiger partial charge is 0.0141 e. The zero-order valence-electron chi connectivity index (χ0n) is 8.64. The molecule has 1 aliphatic heterocycles. The van der Waals surface area contributed by atoms with E-state index in [0.717, 1.165) is 12.0 Å². The maximum absolute atomic E-state index is 2.69. The van der Waals surface area contributed by atoms with Gasteiger partial charge in [-0.3, -0.25) is 4.90 Å². The Morgan fingerprint density at radius 1 is 1.08 bits per heavy atom.